The van der Waals surface area contributed by atoms with E-state index in [0.29, 0.717) is 11.1 Å². The molecule has 2 aromatic rings. The molecule has 0 saturated carbocycles. The van der Waals surface area contributed by atoms with Crippen LogP contribution >= 0.6 is 0 Å². The molecule has 0 aromatic heterocycles. The molecule has 2 atom stereocenters. The molecule has 132 valence electrons. The third-order valence-corrected chi connectivity index (χ3v) is 4.47. The zero-order valence-electron chi connectivity index (χ0n) is 14.3. The molecule has 1 aliphatic rings. The van der Waals surface area contributed by atoms with Crippen LogP contribution in [0.15, 0.2) is 59.7 Å². The molecule has 1 heterocycles. The molecule has 0 aliphatic carbocycles. The number of ketones is 2. The van der Waals surface area contributed by atoms with Gasteiger partial charge in [0.1, 0.15) is 11.8 Å². The third-order valence-electron chi connectivity index (χ3n) is 4.47. The third kappa shape index (κ3) is 3.54. The Morgan fingerprint density at radius 1 is 1.08 bits per heavy atom. The minimum Gasteiger partial charge on any atom is -0.385 e. The van der Waals surface area contributed by atoms with Gasteiger partial charge in [-0.05, 0) is 6.92 Å². The molecule has 0 fully saturated rings. The van der Waals surface area contributed by atoms with Crippen LogP contribution in [0.1, 0.15) is 32.7 Å². The Hall–Kier alpha value is -3.28. The maximum absolute atomic E-state index is 13.1. The maximum Gasteiger partial charge on any atom is 0.251 e. The number of nitrogens with zero attached hydrogens (tertiary/aromatic N) is 1. The van der Waals surface area contributed by atoms with Gasteiger partial charge < -0.3 is 5.73 Å². The second-order valence-corrected chi connectivity index (χ2v) is 6.32. The fraction of sp³-hybridized carbons (Fsp3) is 0.200. The van der Waals surface area contributed by atoms with Crippen LogP contribution in [0, 0.1) is 18.8 Å². The summed E-state index contributed by atoms with van der Waals surface area (Å²) in [6, 6.07) is 15.7. The molecular formula is C20H19N3O3. The van der Waals surface area contributed by atoms with Crippen molar-refractivity contribution >= 4 is 23.3 Å². The van der Waals surface area contributed by atoms with Crippen molar-refractivity contribution in [1.82, 2.24) is 5.43 Å². The zero-order chi connectivity index (χ0) is 18.7. The minimum atomic E-state index is -0.948. The van der Waals surface area contributed by atoms with Crippen molar-refractivity contribution in [3.05, 3.63) is 71.3 Å². The number of nitrogens with one attached hydrogen (secondary N) is 1. The molecule has 6 heteroatoms. The van der Waals surface area contributed by atoms with Crippen LogP contribution < -0.4 is 11.2 Å². The summed E-state index contributed by atoms with van der Waals surface area (Å²) in [6.07, 6.45) is -0.120. The highest BCUT2D eigenvalue weighted by Crippen LogP contribution is 2.26. The number of hydrogen-bond acceptors (Lipinski definition) is 5. The fourth-order valence-corrected chi connectivity index (χ4v) is 3.02. The first-order valence-electron chi connectivity index (χ1n) is 8.29. The van der Waals surface area contributed by atoms with Crippen molar-refractivity contribution in [3.63, 3.8) is 0 Å². The number of amides is 1. The van der Waals surface area contributed by atoms with Gasteiger partial charge in [0.05, 0.1) is 0 Å². The lowest BCUT2D eigenvalue weighted by molar-refractivity contribution is -0.122. The van der Waals surface area contributed by atoms with Crippen LogP contribution in [0.5, 0.6) is 0 Å². The Morgan fingerprint density at radius 2 is 1.73 bits per heavy atom. The number of benzene rings is 2. The maximum atomic E-state index is 13.1. The molecular weight excluding hydrogens is 330 g/mol. The predicted octanol–water partition coefficient (Wildman–Crippen LogP) is 2.09. The lowest BCUT2D eigenvalue weighted by Crippen LogP contribution is -2.39. The van der Waals surface area contributed by atoms with E-state index in [-0.39, 0.29) is 23.8 Å². The first kappa shape index (κ1) is 17.5. The molecule has 1 aliphatic heterocycles. The van der Waals surface area contributed by atoms with Crippen molar-refractivity contribution in [1.29, 1.82) is 0 Å². The smallest absolute Gasteiger partial charge is 0.251 e. The van der Waals surface area contributed by atoms with E-state index in [1.165, 1.54) is 0 Å². The molecule has 3 N–H and O–H groups in total. The van der Waals surface area contributed by atoms with Gasteiger partial charge in [-0.3, -0.25) is 14.4 Å². The first-order chi connectivity index (χ1) is 12.5. The largest absolute Gasteiger partial charge is 0.385 e. The Kier molecular flexibility index (Phi) is 4.93. The Morgan fingerprint density at radius 3 is 2.31 bits per heavy atom. The minimum absolute atomic E-state index is 0.0290. The average Bonchev–Trinajstić information content (AvgIpc) is 2.99. The van der Waals surface area contributed by atoms with Crippen LogP contribution in [0.3, 0.4) is 0 Å². The second-order valence-electron chi connectivity index (χ2n) is 6.32. The summed E-state index contributed by atoms with van der Waals surface area (Å²) in [5.41, 5.74) is 10.1. The molecule has 0 spiro atoms. The number of aryl methyl sites for hydroxylation is 1. The van der Waals surface area contributed by atoms with Gasteiger partial charge in [-0.1, -0.05) is 60.2 Å². The first-order valence-corrected chi connectivity index (χ1v) is 8.29. The van der Waals surface area contributed by atoms with E-state index in [2.05, 4.69) is 10.5 Å². The Balaban J connectivity index is 1.93. The predicted molar refractivity (Wildman–Crippen MR) is 97.6 cm³/mol. The van der Waals surface area contributed by atoms with E-state index < -0.39 is 17.7 Å². The highest BCUT2D eigenvalue weighted by atomic mass is 16.2. The summed E-state index contributed by atoms with van der Waals surface area (Å²) in [5.74, 6) is -2.80. The summed E-state index contributed by atoms with van der Waals surface area (Å²) in [7, 11) is 0. The van der Waals surface area contributed by atoms with Gasteiger partial charge in [-0.15, -0.1) is 0 Å². The Bertz CT molecular complexity index is 873. The number of amidine groups is 1. The van der Waals surface area contributed by atoms with Crippen molar-refractivity contribution in [2.24, 2.45) is 22.7 Å². The van der Waals surface area contributed by atoms with E-state index >= 15 is 0 Å². The zero-order valence-corrected chi connectivity index (χ0v) is 14.3. The molecule has 0 bridgehead atoms. The van der Waals surface area contributed by atoms with Crippen LogP contribution in [-0.4, -0.2) is 23.3 Å². The lowest BCUT2D eigenvalue weighted by Gasteiger charge is -2.20. The van der Waals surface area contributed by atoms with Crippen molar-refractivity contribution in [2.75, 3.05) is 0 Å². The number of carbonyl (C=O) groups is 3. The number of rotatable bonds is 6. The van der Waals surface area contributed by atoms with Gasteiger partial charge in [0.25, 0.3) is 5.91 Å². The number of hydrogen-bond donors (Lipinski definition) is 2. The number of Topliss-reactive ketones (excluding diaryl/α,β-unsaturated/α-hetero) is 2. The molecule has 0 radical (unpaired) electrons. The van der Waals surface area contributed by atoms with Crippen LogP contribution in [0.4, 0.5) is 0 Å². The number of hydrazone groups is 1. The SMILES string of the molecule is Cc1ccc(C(=O)C(CC(=O)c2ccccc2)C2C(=O)NN=C2N)cc1. The van der Waals surface area contributed by atoms with Gasteiger partial charge in [0.15, 0.2) is 11.6 Å². The summed E-state index contributed by atoms with van der Waals surface area (Å²) in [6.45, 7) is 1.92. The van der Waals surface area contributed by atoms with Crippen molar-refractivity contribution in [3.8, 4) is 0 Å². The van der Waals surface area contributed by atoms with Crippen LogP contribution in [0.2, 0.25) is 0 Å². The van der Waals surface area contributed by atoms with Crippen molar-refractivity contribution in [2.45, 2.75) is 13.3 Å². The normalized spacial score (nSPS) is 17.3. The molecule has 3 rings (SSSR count). The van der Waals surface area contributed by atoms with E-state index in [9.17, 15) is 14.4 Å². The topological polar surface area (TPSA) is 102 Å². The van der Waals surface area contributed by atoms with Gasteiger partial charge in [-0.2, -0.15) is 5.10 Å². The van der Waals surface area contributed by atoms with Gasteiger partial charge in [0.2, 0.25) is 0 Å². The standard InChI is InChI=1S/C20H19N3O3/c1-12-7-9-14(10-8-12)18(25)15(17-19(21)22-23-20(17)26)11-16(24)13-5-3-2-4-6-13/h2-10,15,17H,11H2,1H3,(H2,21,22)(H,23,26). The van der Waals surface area contributed by atoms with E-state index in [0.717, 1.165) is 5.56 Å². The van der Waals surface area contributed by atoms with E-state index in [4.69, 9.17) is 5.73 Å². The summed E-state index contributed by atoms with van der Waals surface area (Å²) in [5, 5.41) is 3.72. The van der Waals surface area contributed by atoms with Crippen LogP contribution in [-0.2, 0) is 4.79 Å². The molecule has 6 nitrogen and oxygen atoms in total. The molecule has 2 aromatic carbocycles. The number of nitrogens with two attached hydrogens (primary N) is 1. The summed E-state index contributed by atoms with van der Waals surface area (Å²) in [4.78, 5) is 37.9. The average molecular weight is 349 g/mol. The monoisotopic (exact) mass is 349 g/mol. The van der Waals surface area contributed by atoms with Crippen LogP contribution in [0.25, 0.3) is 0 Å². The highest BCUT2D eigenvalue weighted by Gasteiger charge is 2.41. The lowest BCUT2D eigenvalue weighted by atomic mass is 9.80. The summed E-state index contributed by atoms with van der Waals surface area (Å²) < 4.78 is 0. The van der Waals surface area contributed by atoms with E-state index in [1.54, 1.807) is 42.5 Å². The highest BCUT2D eigenvalue weighted by molar-refractivity contribution is 6.13. The number of carbonyl (C=O) groups excluding carboxylic acids is 3. The van der Waals surface area contributed by atoms with Crippen molar-refractivity contribution < 1.29 is 14.4 Å². The molecule has 1 amide bonds. The van der Waals surface area contributed by atoms with E-state index in [1.807, 2.05) is 19.1 Å². The quantitative estimate of drug-likeness (QED) is 0.780. The molecule has 2 unspecified atom stereocenters. The van der Waals surface area contributed by atoms with Gasteiger partial charge in [-0.25, -0.2) is 5.43 Å². The Labute approximate surface area is 151 Å². The second kappa shape index (κ2) is 7.31. The molecule has 0 saturated heterocycles. The fourth-order valence-electron chi connectivity index (χ4n) is 3.02. The van der Waals surface area contributed by atoms with Gasteiger partial charge in [0, 0.05) is 23.5 Å². The van der Waals surface area contributed by atoms with Gasteiger partial charge >= 0.3 is 0 Å². The summed E-state index contributed by atoms with van der Waals surface area (Å²) >= 11 is 0. The molecule has 26 heavy (non-hydrogen) atoms.